The molecular weight excluding hydrogens is 198 g/mol. The zero-order chi connectivity index (χ0) is 8.55. The molecule has 70 valence electrons. The van der Waals surface area contributed by atoms with Crippen molar-refractivity contribution in [3.8, 4) is 11.5 Å². The summed E-state index contributed by atoms with van der Waals surface area (Å²) in [5.41, 5.74) is 5.88. The first-order valence-electron chi connectivity index (χ1n) is 3.12. The zero-order valence-electron chi connectivity index (χ0n) is 6.27. The second-order valence-corrected chi connectivity index (χ2v) is 2.11. The Morgan fingerprint density at radius 1 is 1.54 bits per heavy atom. The van der Waals surface area contributed by atoms with Crippen molar-refractivity contribution in [2.45, 2.75) is 0 Å². The third kappa shape index (κ3) is 1.54. The first-order chi connectivity index (χ1) is 5.77. The third-order valence-corrected chi connectivity index (χ3v) is 1.35. The summed E-state index contributed by atoms with van der Waals surface area (Å²) in [6.07, 6.45) is 1.40. The number of H-pyrrole nitrogens is 2. The number of nitrogens with two attached hydrogens (primary N) is 1. The van der Waals surface area contributed by atoms with Crippen LogP contribution in [0.4, 0.5) is 5.82 Å². The van der Waals surface area contributed by atoms with Gasteiger partial charge in [0.15, 0.2) is 5.82 Å². The van der Waals surface area contributed by atoms with Crippen LogP contribution in [0.2, 0.25) is 0 Å². The Balaban J connectivity index is 0.000000845. The summed E-state index contributed by atoms with van der Waals surface area (Å²) >= 11 is 0. The van der Waals surface area contributed by atoms with Crippen molar-refractivity contribution in [2.24, 2.45) is 0 Å². The lowest BCUT2D eigenvalue weighted by Crippen LogP contribution is -1.96. The number of aromatic amines is 2. The van der Waals surface area contributed by atoms with Crippen molar-refractivity contribution in [3.63, 3.8) is 0 Å². The number of halogens is 1. The summed E-state index contributed by atoms with van der Waals surface area (Å²) in [5, 5.41) is 3.42. The number of nitrogens with zero attached hydrogens (tertiary/aromatic N) is 2. The molecular formula is C5H6ClN5O2. The third-order valence-electron chi connectivity index (χ3n) is 1.35. The molecule has 0 spiro atoms. The summed E-state index contributed by atoms with van der Waals surface area (Å²) < 4.78 is 4.28. The van der Waals surface area contributed by atoms with E-state index in [0.717, 1.165) is 0 Å². The van der Waals surface area contributed by atoms with Gasteiger partial charge >= 0.3 is 5.76 Å². The number of nitrogen functional groups attached to an aromatic ring is 1. The predicted molar refractivity (Wildman–Crippen MR) is 46.4 cm³/mol. The molecule has 7 nitrogen and oxygen atoms in total. The van der Waals surface area contributed by atoms with Gasteiger partial charge in [-0.05, 0) is 0 Å². The van der Waals surface area contributed by atoms with E-state index in [-0.39, 0.29) is 24.0 Å². The van der Waals surface area contributed by atoms with Gasteiger partial charge in [0.2, 0.25) is 5.82 Å². The fourth-order valence-corrected chi connectivity index (χ4v) is 0.832. The van der Waals surface area contributed by atoms with E-state index in [0.29, 0.717) is 5.69 Å². The van der Waals surface area contributed by atoms with Crippen LogP contribution in [0.3, 0.4) is 0 Å². The van der Waals surface area contributed by atoms with Crippen LogP contribution in [0.5, 0.6) is 0 Å². The van der Waals surface area contributed by atoms with Crippen LogP contribution in [0.1, 0.15) is 0 Å². The topological polar surface area (TPSA) is 114 Å². The highest BCUT2D eigenvalue weighted by atomic mass is 35.5. The molecule has 0 fully saturated rings. The minimum atomic E-state index is -0.626. The molecule has 0 bridgehead atoms. The largest absolute Gasteiger partial charge is 0.439 e. The van der Waals surface area contributed by atoms with Gasteiger partial charge in [-0.3, -0.25) is 9.51 Å². The van der Waals surface area contributed by atoms with Crippen molar-refractivity contribution in [1.29, 1.82) is 0 Å². The molecule has 2 aromatic rings. The molecule has 2 aromatic heterocycles. The Labute approximate surface area is 77.8 Å². The summed E-state index contributed by atoms with van der Waals surface area (Å²) in [6.45, 7) is 0. The zero-order valence-corrected chi connectivity index (χ0v) is 7.09. The average Bonchev–Trinajstić information content (AvgIpc) is 2.58. The minimum absolute atomic E-state index is 0. The molecule has 0 unspecified atom stereocenters. The highest BCUT2D eigenvalue weighted by Crippen LogP contribution is 2.15. The molecule has 0 saturated carbocycles. The summed E-state index contributed by atoms with van der Waals surface area (Å²) in [6, 6.07) is 0. The Morgan fingerprint density at radius 2 is 2.31 bits per heavy atom. The first-order valence-corrected chi connectivity index (χ1v) is 3.12. The number of imidazole rings is 1. The summed E-state index contributed by atoms with van der Waals surface area (Å²) in [5.74, 6) is -0.117. The molecule has 8 heteroatoms. The quantitative estimate of drug-likeness (QED) is 0.592. The van der Waals surface area contributed by atoms with E-state index in [1.807, 2.05) is 0 Å². The van der Waals surface area contributed by atoms with E-state index in [1.54, 1.807) is 0 Å². The summed E-state index contributed by atoms with van der Waals surface area (Å²) in [4.78, 5) is 19.3. The lowest BCUT2D eigenvalue weighted by molar-refractivity contribution is 0.388. The molecule has 2 rings (SSSR count). The van der Waals surface area contributed by atoms with Crippen molar-refractivity contribution in [1.82, 2.24) is 20.1 Å². The number of aromatic nitrogens is 4. The first kappa shape index (κ1) is 9.33. The van der Waals surface area contributed by atoms with E-state index in [1.165, 1.54) is 6.33 Å². The van der Waals surface area contributed by atoms with Gasteiger partial charge in [-0.2, -0.15) is 0 Å². The van der Waals surface area contributed by atoms with Gasteiger partial charge in [0.1, 0.15) is 5.69 Å². The van der Waals surface area contributed by atoms with Gasteiger partial charge in [-0.15, -0.1) is 12.4 Å². The van der Waals surface area contributed by atoms with E-state index in [9.17, 15) is 4.79 Å². The minimum Gasteiger partial charge on any atom is -0.382 e. The summed E-state index contributed by atoms with van der Waals surface area (Å²) in [7, 11) is 0. The molecule has 0 aliphatic heterocycles. The van der Waals surface area contributed by atoms with E-state index in [4.69, 9.17) is 5.73 Å². The SMILES string of the molecule is Cl.Nc1nc[nH]c1-c1noc(=O)[nH]1. The normalized spacial score (nSPS) is 9.54. The van der Waals surface area contributed by atoms with Crippen LogP contribution in [-0.2, 0) is 0 Å². The highest BCUT2D eigenvalue weighted by Gasteiger charge is 2.09. The number of nitrogens with one attached hydrogen (secondary N) is 2. The van der Waals surface area contributed by atoms with Crippen molar-refractivity contribution in [3.05, 3.63) is 16.9 Å². The van der Waals surface area contributed by atoms with Gasteiger partial charge in [0.25, 0.3) is 0 Å². The Hall–Kier alpha value is -1.76. The lowest BCUT2D eigenvalue weighted by atomic mass is 10.4. The number of hydrogen-bond donors (Lipinski definition) is 3. The average molecular weight is 204 g/mol. The maximum absolute atomic E-state index is 10.5. The predicted octanol–water partition coefficient (Wildman–Crippen LogP) is -0.243. The van der Waals surface area contributed by atoms with E-state index >= 15 is 0 Å². The molecule has 0 saturated heterocycles. The van der Waals surface area contributed by atoms with Gasteiger partial charge in [-0.25, -0.2) is 9.78 Å². The fraction of sp³-hybridized carbons (Fsp3) is 0. The highest BCUT2D eigenvalue weighted by molar-refractivity contribution is 5.85. The van der Waals surface area contributed by atoms with Gasteiger partial charge < -0.3 is 10.7 Å². The Bertz CT molecular complexity index is 443. The molecule has 0 atom stereocenters. The smallest absolute Gasteiger partial charge is 0.382 e. The van der Waals surface area contributed by atoms with Gasteiger partial charge in [0.05, 0.1) is 6.33 Å². The van der Waals surface area contributed by atoms with Crippen LogP contribution in [0.25, 0.3) is 11.5 Å². The molecule has 0 aliphatic carbocycles. The van der Waals surface area contributed by atoms with Gasteiger partial charge in [-0.1, -0.05) is 5.16 Å². The Morgan fingerprint density at radius 3 is 2.77 bits per heavy atom. The molecule has 0 aliphatic rings. The Kier molecular flexibility index (Phi) is 2.38. The van der Waals surface area contributed by atoms with Crippen LogP contribution in [0.15, 0.2) is 15.6 Å². The van der Waals surface area contributed by atoms with E-state index < -0.39 is 5.76 Å². The van der Waals surface area contributed by atoms with Crippen molar-refractivity contribution < 1.29 is 4.52 Å². The standard InChI is InChI=1S/C5H5N5O2.ClH/c6-3-2(7-1-8-3)4-9-5(11)12-10-4;/h1H,6H2,(H,7,8)(H,9,10,11);1H. The molecule has 13 heavy (non-hydrogen) atoms. The molecule has 4 N–H and O–H groups in total. The monoisotopic (exact) mass is 203 g/mol. The second-order valence-electron chi connectivity index (χ2n) is 2.11. The number of rotatable bonds is 1. The van der Waals surface area contributed by atoms with Crippen LogP contribution < -0.4 is 11.5 Å². The molecule has 0 radical (unpaired) electrons. The van der Waals surface area contributed by atoms with Crippen LogP contribution in [-0.4, -0.2) is 20.1 Å². The van der Waals surface area contributed by atoms with Crippen molar-refractivity contribution >= 4 is 18.2 Å². The van der Waals surface area contributed by atoms with Crippen LogP contribution in [0, 0.1) is 0 Å². The molecule has 2 heterocycles. The van der Waals surface area contributed by atoms with Crippen molar-refractivity contribution in [2.75, 3.05) is 5.73 Å². The van der Waals surface area contributed by atoms with E-state index in [2.05, 4.69) is 24.6 Å². The maximum Gasteiger partial charge on any atom is 0.439 e. The van der Waals surface area contributed by atoms with Crippen LogP contribution >= 0.6 is 12.4 Å². The maximum atomic E-state index is 10.5. The molecule has 0 amide bonds. The fourth-order valence-electron chi connectivity index (χ4n) is 0.832. The number of anilines is 1. The molecule has 0 aromatic carbocycles. The second kappa shape index (κ2) is 3.31. The van der Waals surface area contributed by atoms with Gasteiger partial charge in [0, 0.05) is 0 Å². The number of hydrogen-bond acceptors (Lipinski definition) is 5. The lowest BCUT2D eigenvalue weighted by Gasteiger charge is -1.87.